The van der Waals surface area contributed by atoms with Gasteiger partial charge in [0.25, 0.3) is 5.56 Å². The van der Waals surface area contributed by atoms with E-state index in [1.165, 1.54) is 24.2 Å². The molecule has 7 nitrogen and oxygen atoms in total. The van der Waals surface area contributed by atoms with Crippen molar-refractivity contribution in [2.75, 3.05) is 20.2 Å². The molecule has 3 aliphatic heterocycles. The minimum absolute atomic E-state index is 0.0304. The first kappa shape index (κ1) is 20.6. The van der Waals surface area contributed by atoms with Crippen molar-refractivity contribution in [3.63, 3.8) is 0 Å². The van der Waals surface area contributed by atoms with E-state index >= 15 is 0 Å². The lowest BCUT2D eigenvalue weighted by Crippen LogP contribution is -2.44. The van der Waals surface area contributed by atoms with Crippen molar-refractivity contribution in [3.8, 4) is 16.2 Å². The highest BCUT2D eigenvalue weighted by atomic mass is 32.1. The Morgan fingerprint density at radius 2 is 2.00 bits per heavy atom. The van der Waals surface area contributed by atoms with Crippen molar-refractivity contribution in [3.05, 3.63) is 64.0 Å². The zero-order valence-corrected chi connectivity index (χ0v) is 19.7. The van der Waals surface area contributed by atoms with Crippen LogP contribution in [0.25, 0.3) is 20.7 Å². The summed E-state index contributed by atoms with van der Waals surface area (Å²) in [6.07, 6.45) is 5.53. The van der Waals surface area contributed by atoms with E-state index in [4.69, 9.17) is 9.72 Å². The van der Waals surface area contributed by atoms with Crippen LogP contribution in [0.4, 0.5) is 0 Å². The number of thiophene rings is 1. The summed E-state index contributed by atoms with van der Waals surface area (Å²) in [5.74, 6) is 2.43. The summed E-state index contributed by atoms with van der Waals surface area (Å²) in [6, 6.07) is 10.3. The number of rotatable bonds is 5. The number of ether oxygens (including phenoxy) is 1. The lowest BCUT2D eigenvalue weighted by Gasteiger charge is -2.44. The Morgan fingerprint density at radius 1 is 1.21 bits per heavy atom. The maximum atomic E-state index is 12.9. The third-order valence-corrected chi connectivity index (χ3v) is 8.38. The zero-order chi connectivity index (χ0) is 22.5. The summed E-state index contributed by atoms with van der Waals surface area (Å²) < 4.78 is 7.93. The molecule has 1 N–H and O–H groups in total. The van der Waals surface area contributed by atoms with Crippen molar-refractivity contribution >= 4 is 21.6 Å². The Hall–Kier alpha value is -2.97. The Balaban J connectivity index is 1.31. The molecule has 3 aliphatic rings. The molecule has 1 atom stereocenters. The van der Waals surface area contributed by atoms with Gasteiger partial charge in [0.1, 0.15) is 16.3 Å². The quantitative estimate of drug-likeness (QED) is 0.478. The zero-order valence-electron chi connectivity index (χ0n) is 18.9. The number of piperidine rings is 3. The third-order valence-electron chi connectivity index (χ3n) is 7.22. The summed E-state index contributed by atoms with van der Waals surface area (Å²) in [4.78, 5) is 24.5. The molecule has 8 heteroatoms. The first-order valence-corrected chi connectivity index (χ1v) is 12.3. The fourth-order valence-corrected chi connectivity index (χ4v) is 6.30. The largest absolute Gasteiger partial charge is 0.497 e. The van der Waals surface area contributed by atoms with Gasteiger partial charge in [-0.1, -0.05) is 12.1 Å². The highest BCUT2D eigenvalue weighted by Gasteiger charge is 2.36. The van der Waals surface area contributed by atoms with E-state index in [-0.39, 0.29) is 11.6 Å². The topological polar surface area (TPSA) is 76.0 Å². The number of methoxy groups -OCH3 is 1. The average molecular weight is 462 g/mol. The molecule has 0 saturated carbocycles. The van der Waals surface area contributed by atoms with Crippen LogP contribution < -0.4 is 10.3 Å². The number of aromatic amines is 1. The van der Waals surface area contributed by atoms with Crippen molar-refractivity contribution in [1.29, 1.82) is 0 Å². The Bertz CT molecular complexity index is 1360. The van der Waals surface area contributed by atoms with Crippen LogP contribution in [0, 0.1) is 12.8 Å². The van der Waals surface area contributed by atoms with Crippen LogP contribution >= 0.6 is 11.3 Å². The molecule has 1 aromatic carbocycles. The van der Waals surface area contributed by atoms with E-state index < -0.39 is 0 Å². The number of H-pyrrole nitrogens is 1. The van der Waals surface area contributed by atoms with Crippen LogP contribution in [0.2, 0.25) is 0 Å². The fourth-order valence-electron chi connectivity index (χ4n) is 5.25. The van der Waals surface area contributed by atoms with Crippen LogP contribution in [0.3, 0.4) is 0 Å². The SMILES string of the molecule is COc1ccc(Cn2ncc(-c3cc4nc(C5CC6CCN5CC6)[nH]c(=O)c4s3)c2C)cc1. The molecule has 0 amide bonds. The van der Waals surface area contributed by atoms with Crippen LogP contribution in [0.5, 0.6) is 5.75 Å². The predicted octanol–water partition coefficient (Wildman–Crippen LogP) is 4.37. The summed E-state index contributed by atoms with van der Waals surface area (Å²) >= 11 is 1.50. The maximum Gasteiger partial charge on any atom is 0.268 e. The van der Waals surface area contributed by atoms with Crippen molar-refractivity contribution in [2.45, 2.75) is 38.8 Å². The normalized spacial score (nSPS) is 22.2. The number of aromatic nitrogens is 4. The Labute approximate surface area is 196 Å². The standard InChI is InChI=1S/C25H27N5O2S/c1-15-19(13-26-30(15)14-17-3-5-18(32-2)6-4-17)22-12-20-23(33-22)25(31)28-24(27-20)21-11-16-7-9-29(21)10-8-16/h3-6,12-13,16,21H,7-11,14H2,1-2H3,(H,27,28,31). The fraction of sp³-hybridized carbons (Fsp3) is 0.400. The molecule has 1 unspecified atom stereocenters. The monoisotopic (exact) mass is 461 g/mol. The Kier molecular flexibility index (Phi) is 5.07. The van der Waals surface area contributed by atoms with E-state index in [0.29, 0.717) is 11.2 Å². The molecule has 0 spiro atoms. The van der Waals surface area contributed by atoms with Crippen LogP contribution in [-0.4, -0.2) is 44.8 Å². The van der Waals surface area contributed by atoms with E-state index in [2.05, 4.69) is 40.1 Å². The molecule has 0 aliphatic carbocycles. The second-order valence-electron chi connectivity index (χ2n) is 9.16. The summed E-state index contributed by atoms with van der Waals surface area (Å²) in [5, 5.41) is 4.62. The van der Waals surface area contributed by atoms with Gasteiger partial charge in [-0.05, 0) is 69.0 Å². The number of fused-ring (bicyclic) bond motifs is 4. The lowest BCUT2D eigenvalue weighted by atomic mass is 9.83. The van der Waals surface area contributed by atoms with E-state index in [1.807, 2.05) is 23.0 Å². The Morgan fingerprint density at radius 3 is 2.70 bits per heavy atom. The first-order chi connectivity index (χ1) is 16.1. The van der Waals surface area contributed by atoms with Crippen LogP contribution in [0.1, 0.15) is 42.4 Å². The second-order valence-corrected chi connectivity index (χ2v) is 10.2. The summed E-state index contributed by atoms with van der Waals surface area (Å²) in [5.41, 5.74) is 4.04. The maximum absolute atomic E-state index is 12.9. The number of hydrogen-bond acceptors (Lipinski definition) is 6. The average Bonchev–Trinajstić information content (AvgIpc) is 3.44. The minimum Gasteiger partial charge on any atom is -0.497 e. The molecule has 7 rings (SSSR count). The molecule has 3 fully saturated rings. The number of benzene rings is 1. The van der Waals surface area contributed by atoms with Crippen LogP contribution in [-0.2, 0) is 6.54 Å². The van der Waals surface area contributed by atoms with Gasteiger partial charge in [-0.2, -0.15) is 5.10 Å². The van der Waals surface area contributed by atoms with E-state index in [9.17, 15) is 4.79 Å². The number of nitrogens with one attached hydrogen (secondary N) is 1. The smallest absolute Gasteiger partial charge is 0.268 e. The highest BCUT2D eigenvalue weighted by Crippen LogP contribution is 2.40. The number of hydrogen-bond donors (Lipinski definition) is 1. The van der Waals surface area contributed by atoms with Crippen molar-refractivity contribution < 1.29 is 4.74 Å². The van der Waals surface area contributed by atoms with Gasteiger partial charge < -0.3 is 9.72 Å². The molecule has 2 bridgehead atoms. The first-order valence-electron chi connectivity index (χ1n) is 11.5. The van der Waals surface area contributed by atoms with Crippen LogP contribution in [0.15, 0.2) is 41.3 Å². The molecular weight excluding hydrogens is 434 g/mol. The van der Waals surface area contributed by atoms with Gasteiger partial charge in [0, 0.05) is 16.1 Å². The van der Waals surface area contributed by atoms with Gasteiger partial charge in [0.2, 0.25) is 0 Å². The molecule has 3 saturated heterocycles. The molecule has 6 heterocycles. The highest BCUT2D eigenvalue weighted by molar-refractivity contribution is 7.22. The van der Waals surface area contributed by atoms with Crippen molar-refractivity contribution in [2.24, 2.45) is 5.92 Å². The van der Waals surface area contributed by atoms with Gasteiger partial charge in [0.05, 0.1) is 31.4 Å². The molecule has 4 aromatic rings. The van der Waals surface area contributed by atoms with Crippen molar-refractivity contribution in [1.82, 2.24) is 24.6 Å². The minimum atomic E-state index is -0.0304. The van der Waals surface area contributed by atoms with Gasteiger partial charge in [-0.25, -0.2) is 4.98 Å². The van der Waals surface area contributed by atoms with Gasteiger partial charge in [0.15, 0.2) is 0 Å². The molecule has 170 valence electrons. The lowest BCUT2D eigenvalue weighted by molar-refractivity contribution is 0.0445. The van der Waals surface area contributed by atoms with E-state index in [1.54, 1.807) is 7.11 Å². The molecule has 33 heavy (non-hydrogen) atoms. The summed E-state index contributed by atoms with van der Waals surface area (Å²) in [6.45, 7) is 4.98. The predicted molar refractivity (Wildman–Crippen MR) is 130 cm³/mol. The number of nitrogens with zero attached hydrogens (tertiary/aromatic N) is 4. The van der Waals surface area contributed by atoms with Gasteiger partial charge in [-0.15, -0.1) is 11.3 Å². The molecule has 0 radical (unpaired) electrons. The summed E-state index contributed by atoms with van der Waals surface area (Å²) in [7, 11) is 1.67. The second kappa shape index (κ2) is 8.11. The van der Waals surface area contributed by atoms with E-state index in [0.717, 1.165) is 64.2 Å². The van der Waals surface area contributed by atoms with Gasteiger partial charge >= 0.3 is 0 Å². The molecular formula is C25H27N5O2S. The third kappa shape index (κ3) is 3.67. The molecule has 3 aromatic heterocycles. The van der Waals surface area contributed by atoms with Gasteiger partial charge in [-0.3, -0.25) is 14.4 Å².